The molecule has 2 aliphatic carbocycles. The normalized spacial score (nSPS) is 26.0. The summed E-state index contributed by atoms with van der Waals surface area (Å²) in [6.45, 7) is 4.64. The van der Waals surface area contributed by atoms with Gasteiger partial charge in [0.25, 0.3) is 0 Å². The summed E-state index contributed by atoms with van der Waals surface area (Å²) in [6, 6.07) is 0. The van der Waals surface area contributed by atoms with Gasteiger partial charge in [0.15, 0.2) is 0 Å². The van der Waals surface area contributed by atoms with E-state index >= 15 is 0 Å². The molecule has 0 nitrogen and oxygen atoms in total. The third-order valence-electron chi connectivity index (χ3n) is 2.63. The van der Waals surface area contributed by atoms with E-state index in [1.165, 1.54) is 12.0 Å². The van der Waals surface area contributed by atoms with Gasteiger partial charge in [0.1, 0.15) is 0 Å². The molecule has 0 aromatic heterocycles. The van der Waals surface area contributed by atoms with Crippen LogP contribution in [-0.4, -0.2) is 0 Å². The summed E-state index contributed by atoms with van der Waals surface area (Å²) < 4.78 is 0. The topological polar surface area (TPSA) is 0 Å². The Balaban J connectivity index is 2.40. The second-order valence-electron chi connectivity index (χ2n) is 4.00. The van der Waals surface area contributed by atoms with Crippen molar-refractivity contribution in [3.63, 3.8) is 0 Å². The fourth-order valence-corrected chi connectivity index (χ4v) is 1.91. The maximum absolute atomic E-state index is 2.36. The lowest BCUT2D eigenvalue weighted by Crippen LogP contribution is -2.10. The fourth-order valence-electron chi connectivity index (χ4n) is 1.91. The first-order chi connectivity index (χ1) is 5.20. The van der Waals surface area contributed by atoms with Gasteiger partial charge in [-0.25, -0.2) is 0 Å². The molecule has 0 N–H and O–H groups in total. The van der Waals surface area contributed by atoms with Gasteiger partial charge in [0, 0.05) is 0 Å². The van der Waals surface area contributed by atoms with Crippen molar-refractivity contribution < 1.29 is 0 Å². The van der Waals surface area contributed by atoms with E-state index in [1.807, 2.05) is 0 Å². The predicted octanol–water partition coefficient (Wildman–Crippen LogP) is 3.23. The van der Waals surface area contributed by atoms with Gasteiger partial charge in [-0.3, -0.25) is 0 Å². The molecule has 0 heterocycles. The van der Waals surface area contributed by atoms with Gasteiger partial charge in [-0.1, -0.05) is 38.2 Å². The Kier molecular flexibility index (Phi) is 1.32. The highest BCUT2D eigenvalue weighted by Gasteiger charge is 2.29. The van der Waals surface area contributed by atoms with Crippen LogP contribution in [0.4, 0.5) is 0 Å². The van der Waals surface area contributed by atoms with Crippen LogP contribution in [-0.2, 0) is 0 Å². The molecule has 0 unspecified atom stereocenters. The van der Waals surface area contributed by atoms with Gasteiger partial charge >= 0.3 is 0 Å². The van der Waals surface area contributed by atoms with Crippen molar-refractivity contribution in [2.75, 3.05) is 0 Å². The summed E-state index contributed by atoms with van der Waals surface area (Å²) in [5.41, 5.74) is 3.42. The SMILES string of the molecule is CC1(C)CC=C2C=CCC=C21. The lowest BCUT2D eigenvalue weighted by atomic mass is 9.82. The monoisotopic (exact) mass is 146 g/mol. The molecule has 0 spiro atoms. The molecular formula is C11H14. The van der Waals surface area contributed by atoms with Gasteiger partial charge in [-0.15, -0.1) is 0 Å². The largest absolute Gasteiger partial charge is 0.0801 e. The Hall–Kier alpha value is -0.780. The van der Waals surface area contributed by atoms with Crippen molar-refractivity contribution in [2.24, 2.45) is 5.41 Å². The molecule has 2 aliphatic rings. The zero-order valence-corrected chi connectivity index (χ0v) is 7.22. The van der Waals surface area contributed by atoms with E-state index in [2.05, 4.69) is 38.2 Å². The molecule has 0 fully saturated rings. The molecule has 0 aromatic rings. The Labute approximate surface area is 68.3 Å². The minimum atomic E-state index is 0.403. The first-order valence-electron chi connectivity index (χ1n) is 4.28. The number of hydrogen-bond donors (Lipinski definition) is 0. The quantitative estimate of drug-likeness (QED) is 0.492. The minimum absolute atomic E-state index is 0.403. The molecule has 11 heavy (non-hydrogen) atoms. The molecule has 0 saturated carbocycles. The number of rotatable bonds is 0. The van der Waals surface area contributed by atoms with Crippen LogP contribution >= 0.6 is 0 Å². The molecule has 58 valence electrons. The van der Waals surface area contributed by atoms with Crippen LogP contribution in [0, 0.1) is 5.41 Å². The zero-order chi connectivity index (χ0) is 7.90. The maximum Gasteiger partial charge on any atom is -0.00660 e. The van der Waals surface area contributed by atoms with Crippen LogP contribution in [0.2, 0.25) is 0 Å². The number of hydrogen-bond acceptors (Lipinski definition) is 0. The van der Waals surface area contributed by atoms with E-state index in [0.717, 1.165) is 6.42 Å². The van der Waals surface area contributed by atoms with E-state index in [4.69, 9.17) is 0 Å². The highest BCUT2D eigenvalue weighted by Crippen LogP contribution is 2.43. The third-order valence-corrected chi connectivity index (χ3v) is 2.63. The van der Waals surface area contributed by atoms with E-state index in [0.29, 0.717) is 5.41 Å². The molecule has 0 radical (unpaired) electrons. The second kappa shape index (κ2) is 2.10. The molecule has 2 rings (SSSR count). The predicted molar refractivity (Wildman–Crippen MR) is 48.3 cm³/mol. The lowest BCUT2D eigenvalue weighted by molar-refractivity contribution is 0.480. The van der Waals surface area contributed by atoms with Crippen molar-refractivity contribution in [2.45, 2.75) is 26.7 Å². The summed E-state index contributed by atoms with van der Waals surface area (Å²) in [5.74, 6) is 0. The Morgan fingerprint density at radius 1 is 1.27 bits per heavy atom. The van der Waals surface area contributed by atoms with Gasteiger partial charge in [0.05, 0.1) is 0 Å². The molecule has 0 amide bonds. The van der Waals surface area contributed by atoms with Crippen LogP contribution in [0.15, 0.2) is 35.5 Å². The van der Waals surface area contributed by atoms with Gasteiger partial charge in [-0.2, -0.15) is 0 Å². The highest BCUT2D eigenvalue weighted by molar-refractivity contribution is 5.50. The van der Waals surface area contributed by atoms with Crippen LogP contribution in [0.1, 0.15) is 26.7 Å². The third kappa shape index (κ3) is 0.973. The zero-order valence-electron chi connectivity index (χ0n) is 7.22. The average Bonchev–Trinajstić information content (AvgIpc) is 2.29. The van der Waals surface area contributed by atoms with Crippen LogP contribution in [0.25, 0.3) is 0 Å². The molecule has 0 saturated heterocycles. The smallest absolute Gasteiger partial charge is 0.00660 e. The molecule has 0 atom stereocenters. The van der Waals surface area contributed by atoms with Crippen molar-refractivity contribution in [1.29, 1.82) is 0 Å². The van der Waals surface area contributed by atoms with Gasteiger partial charge < -0.3 is 0 Å². The molecule has 0 aliphatic heterocycles. The van der Waals surface area contributed by atoms with Crippen molar-refractivity contribution >= 4 is 0 Å². The summed E-state index contributed by atoms with van der Waals surface area (Å²) in [5, 5.41) is 0. The summed E-state index contributed by atoms with van der Waals surface area (Å²) >= 11 is 0. The maximum atomic E-state index is 2.36. The average molecular weight is 146 g/mol. The van der Waals surface area contributed by atoms with Gasteiger partial charge in [-0.05, 0) is 29.4 Å². The molecular weight excluding hydrogens is 132 g/mol. The Morgan fingerprint density at radius 3 is 2.82 bits per heavy atom. The van der Waals surface area contributed by atoms with Gasteiger partial charge in [0.2, 0.25) is 0 Å². The number of allylic oxidation sites excluding steroid dienone is 6. The number of fused-ring (bicyclic) bond motifs is 1. The summed E-state index contributed by atoms with van der Waals surface area (Å²) in [4.78, 5) is 0. The van der Waals surface area contributed by atoms with Crippen LogP contribution in [0.5, 0.6) is 0 Å². The second-order valence-corrected chi connectivity index (χ2v) is 4.00. The van der Waals surface area contributed by atoms with E-state index < -0.39 is 0 Å². The van der Waals surface area contributed by atoms with E-state index in [-0.39, 0.29) is 0 Å². The fraction of sp³-hybridized carbons (Fsp3) is 0.455. The molecule has 0 heteroatoms. The van der Waals surface area contributed by atoms with E-state index in [9.17, 15) is 0 Å². The Morgan fingerprint density at radius 2 is 2.09 bits per heavy atom. The summed E-state index contributed by atoms with van der Waals surface area (Å²) in [7, 11) is 0. The minimum Gasteiger partial charge on any atom is -0.0801 e. The standard InChI is InChI=1S/C11H14/c1-11(2)8-7-9-5-3-4-6-10(9)11/h3,5-7H,4,8H2,1-2H3. The van der Waals surface area contributed by atoms with Crippen LogP contribution < -0.4 is 0 Å². The molecule has 0 bridgehead atoms. The Bertz CT molecular complexity index is 262. The van der Waals surface area contributed by atoms with Crippen LogP contribution in [0.3, 0.4) is 0 Å². The lowest BCUT2D eigenvalue weighted by Gasteiger charge is -2.22. The molecule has 0 aromatic carbocycles. The highest BCUT2D eigenvalue weighted by atomic mass is 14.3. The first kappa shape index (κ1) is 6.90. The first-order valence-corrected chi connectivity index (χ1v) is 4.28. The van der Waals surface area contributed by atoms with Crippen molar-refractivity contribution in [1.82, 2.24) is 0 Å². The van der Waals surface area contributed by atoms with Crippen molar-refractivity contribution in [3.8, 4) is 0 Å². The van der Waals surface area contributed by atoms with E-state index in [1.54, 1.807) is 5.57 Å². The summed E-state index contributed by atoms with van der Waals surface area (Å²) in [6.07, 6.45) is 11.5. The van der Waals surface area contributed by atoms with Crippen molar-refractivity contribution in [3.05, 3.63) is 35.5 Å².